The highest BCUT2D eigenvalue weighted by molar-refractivity contribution is 5.81. The summed E-state index contributed by atoms with van der Waals surface area (Å²) in [6.45, 7) is 5.32. The molecular weight excluding hydrogens is 288 g/mol. The van der Waals surface area contributed by atoms with E-state index in [1.165, 1.54) is 7.11 Å². The summed E-state index contributed by atoms with van der Waals surface area (Å²) >= 11 is 0. The number of carbonyl (C=O) groups excluding carboxylic acids is 3. The lowest BCUT2D eigenvalue weighted by atomic mass is 10.1. The van der Waals surface area contributed by atoms with Crippen molar-refractivity contribution in [1.29, 1.82) is 0 Å². The molecule has 0 bridgehead atoms. The van der Waals surface area contributed by atoms with E-state index in [-0.39, 0.29) is 25.3 Å². The SMILES string of the molecule is C#CCNC(=O)CCC[C@H](NC(=O)OC(C)(C)C)C(=O)OC. The molecule has 1 atom stereocenters. The summed E-state index contributed by atoms with van der Waals surface area (Å²) in [6, 6.07) is -0.861. The lowest BCUT2D eigenvalue weighted by Crippen LogP contribution is -2.44. The molecule has 0 saturated carbocycles. The molecule has 0 spiro atoms. The Hall–Kier alpha value is -2.23. The van der Waals surface area contributed by atoms with E-state index >= 15 is 0 Å². The van der Waals surface area contributed by atoms with Crippen LogP contribution in [0.1, 0.15) is 40.0 Å². The van der Waals surface area contributed by atoms with Gasteiger partial charge >= 0.3 is 12.1 Å². The van der Waals surface area contributed by atoms with Crippen molar-refractivity contribution in [3.8, 4) is 12.3 Å². The smallest absolute Gasteiger partial charge is 0.408 e. The highest BCUT2D eigenvalue weighted by atomic mass is 16.6. The number of methoxy groups -OCH3 is 1. The predicted octanol–water partition coefficient (Wildman–Crippen LogP) is 0.972. The zero-order valence-corrected chi connectivity index (χ0v) is 13.5. The average Bonchev–Trinajstić information content (AvgIpc) is 2.41. The van der Waals surface area contributed by atoms with Crippen molar-refractivity contribution in [3.05, 3.63) is 0 Å². The first-order valence-electron chi connectivity index (χ1n) is 6.97. The lowest BCUT2D eigenvalue weighted by molar-refractivity contribution is -0.143. The van der Waals surface area contributed by atoms with Crippen LogP contribution in [0.2, 0.25) is 0 Å². The van der Waals surface area contributed by atoms with Gasteiger partial charge in [-0.2, -0.15) is 0 Å². The number of ether oxygens (including phenoxy) is 2. The van der Waals surface area contributed by atoms with Crippen molar-refractivity contribution in [2.75, 3.05) is 13.7 Å². The van der Waals surface area contributed by atoms with Gasteiger partial charge in [0.2, 0.25) is 5.91 Å². The second-order valence-electron chi connectivity index (χ2n) is 5.60. The minimum atomic E-state index is -0.861. The summed E-state index contributed by atoms with van der Waals surface area (Å²) in [5, 5.41) is 4.96. The summed E-state index contributed by atoms with van der Waals surface area (Å²) in [7, 11) is 1.23. The standard InChI is InChI=1S/C15H24N2O5/c1-6-10-16-12(18)9-7-8-11(13(19)21-5)17-14(20)22-15(2,3)4/h1,11H,7-10H2,2-5H3,(H,16,18)(H,17,20)/t11-/m0/s1. The van der Waals surface area contributed by atoms with E-state index in [1.807, 2.05) is 0 Å². The van der Waals surface area contributed by atoms with Gasteiger partial charge < -0.3 is 20.1 Å². The summed E-state index contributed by atoms with van der Waals surface area (Å²) in [4.78, 5) is 34.7. The minimum absolute atomic E-state index is 0.162. The van der Waals surface area contributed by atoms with Crippen LogP contribution in [0.5, 0.6) is 0 Å². The Kier molecular flexibility index (Phi) is 8.68. The van der Waals surface area contributed by atoms with E-state index in [1.54, 1.807) is 20.8 Å². The van der Waals surface area contributed by atoms with Gasteiger partial charge in [-0.1, -0.05) is 5.92 Å². The summed E-state index contributed by atoms with van der Waals surface area (Å²) in [6.07, 6.45) is 5.17. The Morgan fingerprint density at radius 1 is 1.27 bits per heavy atom. The monoisotopic (exact) mass is 312 g/mol. The van der Waals surface area contributed by atoms with E-state index in [9.17, 15) is 14.4 Å². The quantitative estimate of drug-likeness (QED) is 0.540. The number of terminal acetylenes is 1. The number of alkyl carbamates (subject to hydrolysis) is 1. The zero-order valence-electron chi connectivity index (χ0n) is 13.5. The van der Waals surface area contributed by atoms with Gasteiger partial charge in [-0.05, 0) is 33.6 Å². The van der Waals surface area contributed by atoms with Gasteiger partial charge in [0.1, 0.15) is 11.6 Å². The van der Waals surface area contributed by atoms with Crippen molar-refractivity contribution >= 4 is 18.0 Å². The van der Waals surface area contributed by atoms with Crippen molar-refractivity contribution in [2.45, 2.75) is 51.7 Å². The van der Waals surface area contributed by atoms with Crippen molar-refractivity contribution in [1.82, 2.24) is 10.6 Å². The number of esters is 1. The molecule has 0 unspecified atom stereocenters. The molecule has 7 nitrogen and oxygen atoms in total. The molecule has 0 fully saturated rings. The van der Waals surface area contributed by atoms with Gasteiger partial charge in [0.15, 0.2) is 0 Å². The maximum Gasteiger partial charge on any atom is 0.408 e. The van der Waals surface area contributed by atoms with Crippen LogP contribution in [0.4, 0.5) is 4.79 Å². The van der Waals surface area contributed by atoms with Gasteiger partial charge in [0.05, 0.1) is 13.7 Å². The number of hydrogen-bond acceptors (Lipinski definition) is 5. The van der Waals surface area contributed by atoms with Gasteiger partial charge in [0.25, 0.3) is 0 Å². The first-order chi connectivity index (χ1) is 10.2. The molecule has 22 heavy (non-hydrogen) atoms. The molecule has 0 aromatic carbocycles. The maximum atomic E-state index is 11.7. The molecule has 0 heterocycles. The average molecular weight is 312 g/mol. The lowest BCUT2D eigenvalue weighted by Gasteiger charge is -2.22. The third-order valence-electron chi connectivity index (χ3n) is 2.46. The van der Waals surface area contributed by atoms with Crippen molar-refractivity contribution in [3.63, 3.8) is 0 Å². The topological polar surface area (TPSA) is 93.7 Å². The molecule has 0 rings (SSSR count). The molecule has 2 amide bonds. The van der Waals surface area contributed by atoms with Crippen LogP contribution in [0.3, 0.4) is 0 Å². The first-order valence-corrected chi connectivity index (χ1v) is 6.97. The molecule has 0 aliphatic heterocycles. The van der Waals surface area contributed by atoms with Crippen LogP contribution < -0.4 is 10.6 Å². The van der Waals surface area contributed by atoms with Gasteiger partial charge in [-0.25, -0.2) is 9.59 Å². The molecular formula is C15H24N2O5. The van der Waals surface area contributed by atoms with Gasteiger partial charge in [-0.3, -0.25) is 4.79 Å². The fourth-order valence-corrected chi connectivity index (χ4v) is 1.55. The molecule has 2 N–H and O–H groups in total. The highest BCUT2D eigenvalue weighted by Gasteiger charge is 2.24. The number of nitrogens with one attached hydrogen (secondary N) is 2. The fraction of sp³-hybridized carbons (Fsp3) is 0.667. The zero-order chi connectivity index (χ0) is 17.2. The summed E-state index contributed by atoms with van der Waals surface area (Å²) in [5.41, 5.74) is -0.667. The molecule has 0 saturated heterocycles. The van der Waals surface area contributed by atoms with E-state index in [4.69, 9.17) is 11.2 Å². The number of carbonyl (C=O) groups is 3. The molecule has 124 valence electrons. The van der Waals surface area contributed by atoms with Crippen LogP contribution >= 0.6 is 0 Å². The highest BCUT2D eigenvalue weighted by Crippen LogP contribution is 2.09. The number of amides is 2. The Bertz CT molecular complexity index is 434. The van der Waals surface area contributed by atoms with E-state index in [0.717, 1.165) is 0 Å². The van der Waals surface area contributed by atoms with Gasteiger partial charge in [0, 0.05) is 6.42 Å². The normalized spacial score (nSPS) is 11.8. The Labute approximate surface area is 131 Å². The second-order valence-corrected chi connectivity index (χ2v) is 5.60. The largest absolute Gasteiger partial charge is 0.467 e. The summed E-state index contributed by atoms with van der Waals surface area (Å²) < 4.78 is 9.71. The summed E-state index contributed by atoms with van der Waals surface area (Å²) in [5.74, 6) is 1.50. The Morgan fingerprint density at radius 2 is 1.91 bits per heavy atom. The third-order valence-corrected chi connectivity index (χ3v) is 2.46. The van der Waals surface area contributed by atoms with E-state index in [0.29, 0.717) is 6.42 Å². The minimum Gasteiger partial charge on any atom is -0.467 e. The van der Waals surface area contributed by atoms with Crippen LogP contribution in [0.15, 0.2) is 0 Å². The fourth-order valence-electron chi connectivity index (χ4n) is 1.55. The van der Waals surface area contributed by atoms with E-state index in [2.05, 4.69) is 21.3 Å². The van der Waals surface area contributed by atoms with Gasteiger partial charge in [-0.15, -0.1) is 6.42 Å². The first kappa shape index (κ1) is 19.8. The van der Waals surface area contributed by atoms with Crippen LogP contribution in [0.25, 0.3) is 0 Å². The van der Waals surface area contributed by atoms with Crippen molar-refractivity contribution < 1.29 is 23.9 Å². The molecule has 0 aromatic heterocycles. The molecule has 0 aliphatic carbocycles. The molecule has 0 aromatic rings. The Morgan fingerprint density at radius 3 is 2.41 bits per heavy atom. The van der Waals surface area contributed by atoms with Crippen LogP contribution in [-0.2, 0) is 19.1 Å². The third kappa shape index (κ3) is 9.64. The molecule has 7 heteroatoms. The van der Waals surface area contributed by atoms with Crippen LogP contribution in [-0.4, -0.2) is 43.3 Å². The molecule has 0 aliphatic rings. The number of rotatable bonds is 7. The number of hydrogen-bond donors (Lipinski definition) is 2. The Balaban J connectivity index is 4.36. The van der Waals surface area contributed by atoms with Crippen molar-refractivity contribution in [2.24, 2.45) is 0 Å². The van der Waals surface area contributed by atoms with E-state index < -0.39 is 23.7 Å². The van der Waals surface area contributed by atoms with Crippen LogP contribution in [0, 0.1) is 12.3 Å². The molecule has 0 radical (unpaired) electrons. The predicted molar refractivity (Wildman–Crippen MR) is 80.9 cm³/mol. The second kappa shape index (κ2) is 9.66. The maximum absolute atomic E-state index is 11.7.